The Morgan fingerprint density at radius 3 is 2.62 bits per heavy atom. The molecule has 0 bridgehead atoms. The van der Waals surface area contributed by atoms with Gasteiger partial charge in [-0.15, -0.1) is 0 Å². The van der Waals surface area contributed by atoms with E-state index in [0.29, 0.717) is 18.6 Å². The van der Waals surface area contributed by atoms with E-state index in [2.05, 4.69) is 22.8 Å². The predicted octanol–water partition coefficient (Wildman–Crippen LogP) is 3.23. The van der Waals surface area contributed by atoms with Gasteiger partial charge >= 0.3 is 0 Å². The third-order valence-electron chi connectivity index (χ3n) is 5.20. The van der Waals surface area contributed by atoms with Gasteiger partial charge in [-0.25, -0.2) is 0 Å². The van der Waals surface area contributed by atoms with Crippen molar-refractivity contribution in [2.24, 2.45) is 0 Å². The number of rotatable bonds is 7. The van der Waals surface area contributed by atoms with Crippen molar-refractivity contribution in [3.05, 3.63) is 35.4 Å². The minimum atomic E-state index is 0.0178. The number of hydrogen-bond donors (Lipinski definition) is 2. The van der Waals surface area contributed by atoms with Crippen LogP contribution in [0, 0.1) is 0 Å². The van der Waals surface area contributed by atoms with Crippen molar-refractivity contribution in [3.63, 3.8) is 0 Å². The van der Waals surface area contributed by atoms with Crippen LogP contribution < -0.4 is 10.6 Å². The summed E-state index contributed by atoms with van der Waals surface area (Å²) in [6.07, 6.45) is 8.82. The van der Waals surface area contributed by atoms with Gasteiger partial charge in [-0.05, 0) is 62.3 Å². The minimum absolute atomic E-state index is 0.0178. The lowest BCUT2D eigenvalue weighted by molar-refractivity contribution is 0.0565. The quantitative estimate of drug-likeness (QED) is 0.755. The lowest BCUT2D eigenvalue weighted by Gasteiger charge is -2.23. The summed E-state index contributed by atoms with van der Waals surface area (Å²) in [7, 11) is 0. The van der Waals surface area contributed by atoms with Crippen molar-refractivity contribution in [1.82, 2.24) is 10.6 Å². The molecule has 24 heavy (non-hydrogen) atoms. The average Bonchev–Trinajstić information content (AvgIpc) is 3.16. The number of benzene rings is 1. The number of nitrogens with one attached hydrogen (secondary N) is 2. The summed E-state index contributed by atoms with van der Waals surface area (Å²) in [6, 6.07) is 8.12. The van der Waals surface area contributed by atoms with Crippen molar-refractivity contribution >= 4 is 5.91 Å². The van der Waals surface area contributed by atoms with Crippen molar-refractivity contribution in [2.45, 2.75) is 57.0 Å². The lowest BCUT2D eigenvalue weighted by atomic mass is 9.91. The summed E-state index contributed by atoms with van der Waals surface area (Å²) in [5.74, 6) is 0.604. The van der Waals surface area contributed by atoms with Crippen molar-refractivity contribution < 1.29 is 9.53 Å². The number of carbonyl (C=O) groups excluding carboxylic acids is 1. The van der Waals surface area contributed by atoms with E-state index in [1.165, 1.54) is 44.1 Å². The van der Waals surface area contributed by atoms with Crippen LogP contribution in [0.2, 0.25) is 0 Å². The molecular formula is C20H30N2O2. The number of piperidine rings is 1. The number of hydrogen-bond acceptors (Lipinski definition) is 3. The molecule has 1 aliphatic heterocycles. The maximum absolute atomic E-state index is 12.2. The molecule has 0 unspecified atom stereocenters. The van der Waals surface area contributed by atoms with E-state index >= 15 is 0 Å². The summed E-state index contributed by atoms with van der Waals surface area (Å²) >= 11 is 0. The van der Waals surface area contributed by atoms with Crippen LogP contribution in [-0.4, -0.2) is 38.3 Å². The molecule has 1 aliphatic carbocycles. The molecule has 4 nitrogen and oxygen atoms in total. The van der Waals surface area contributed by atoms with E-state index in [-0.39, 0.29) is 5.91 Å². The highest BCUT2D eigenvalue weighted by atomic mass is 16.5. The molecule has 1 saturated carbocycles. The van der Waals surface area contributed by atoms with Crippen molar-refractivity contribution in [2.75, 3.05) is 26.2 Å². The molecule has 4 heteroatoms. The first-order chi connectivity index (χ1) is 11.8. The fourth-order valence-electron chi connectivity index (χ4n) is 3.72. The highest BCUT2D eigenvalue weighted by Gasteiger charge is 2.16. The lowest BCUT2D eigenvalue weighted by Crippen LogP contribution is -2.28. The van der Waals surface area contributed by atoms with Gasteiger partial charge in [0.25, 0.3) is 5.91 Å². The van der Waals surface area contributed by atoms with Crippen LogP contribution in [0.4, 0.5) is 0 Å². The SMILES string of the molecule is O=C(NCCCOC1CCCC1)c1ccc([C@H]2CCCNC2)cc1. The standard InChI is InChI=1S/C20H30N2O2/c23-20(22-13-4-14-24-19-6-1-2-7-19)17-10-8-16(9-11-17)18-5-3-12-21-15-18/h8-11,18-19,21H,1-7,12-15H2,(H,22,23)/t18-/m0/s1. The molecule has 0 spiro atoms. The van der Waals surface area contributed by atoms with Gasteiger partial charge in [-0.3, -0.25) is 4.79 Å². The Morgan fingerprint density at radius 1 is 1.12 bits per heavy atom. The number of carbonyl (C=O) groups is 1. The molecule has 2 aliphatic rings. The van der Waals surface area contributed by atoms with Crippen LogP contribution in [0.25, 0.3) is 0 Å². The molecular weight excluding hydrogens is 300 g/mol. The second kappa shape index (κ2) is 9.19. The van der Waals surface area contributed by atoms with Crippen molar-refractivity contribution in [1.29, 1.82) is 0 Å². The highest BCUT2D eigenvalue weighted by molar-refractivity contribution is 5.94. The monoisotopic (exact) mass is 330 g/mol. The Labute approximate surface area is 145 Å². The average molecular weight is 330 g/mol. The third kappa shape index (κ3) is 5.05. The van der Waals surface area contributed by atoms with Gasteiger partial charge in [0.2, 0.25) is 0 Å². The van der Waals surface area contributed by atoms with Crippen LogP contribution in [0.15, 0.2) is 24.3 Å². The Hall–Kier alpha value is -1.39. The molecule has 1 amide bonds. The molecule has 2 fully saturated rings. The Bertz CT molecular complexity index is 503. The summed E-state index contributed by atoms with van der Waals surface area (Å²) < 4.78 is 5.82. The Morgan fingerprint density at radius 2 is 1.92 bits per heavy atom. The van der Waals surface area contributed by atoms with Gasteiger partial charge in [0, 0.05) is 25.3 Å². The predicted molar refractivity (Wildman–Crippen MR) is 96.4 cm³/mol. The first-order valence-electron chi connectivity index (χ1n) is 9.53. The summed E-state index contributed by atoms with van der Waals surface area (Å²) in [5, 5.41) is 6.43. The van der Waals surface area contributed by atoms with E-state index in [0.717, 1.165) is 31.7 Å². The van der Waals surface area contributed by atoms with E-state index in [1.807, 2.05) is 12.1 Å². The van der Waals surface area contributed by atoms with E-state index in [9.17, 15) is 4.79 Å². The second-order valence-electron chi connectivity index (χ2n) is 7.05. The zero-order chi connectivity index (χ0) is 16.6. The molecule has 0 radical (unpaired) electrons. The maximum atomic E-state index is 12.2. The maximum Gasteiger partial charge on any atom is 0.251 e. The smallest absolute Gasteiger partial charge is 0.251 e. The van der Waals surface area contributed by atoms with Gasteiger partial charge in [0.05, 0.1) is 6.10 Å². The van der Waals surface area contributed by atoms with Gasteiger partial charge in [0.1, 0.15) is 0 Å². The zero-order valence-electron chi connectivity index (χ0n) is 14.6. The van der Waals surface area contributed by atoms with Crippen LogP contribution in [0.1, 0.15) is 66.8 Å². The van der Waals surface area contributed by atoms with Crippen molar-refractivity contribution in [3.8, 4) is 0 Å². The molecule has 3 rings (SSSR count). The molecule has 1 heterocycles. The third-order valence-corrected chi connectivity index (χ3v) is 5.20. The molecule has 1 atom stereocenters. The van der Waals surface area contributed by atoms with E-state index < -0.39 is 0 Å². The van der Waals surface area contributed by atoms with E-state index in [4.69, 9.17) is 4.74 Å². The molecule has 1 aromatic carbocycles. The highest BCUT2D eigenvalue weighted by Crippen LogP contribution is 2.23. The van der Waals surface area contributed by atoms with Crippen LogP contribution in [-0.2, 0) is 4.74 Å². The Balaban J connectivity index is 1.36. The summed E-state index contributed by atoms with van der Waals surface area (Å²) in [4.78, 5) is 12.2. The molecule has 1 aromatic rings. The minimum Gasteiger partial charge on any atom is -0.378 e. The summed E-state index contributed by atoms with van der Waals surface area (Å²) in [6.45, 7) is 3.60. The fourth-order valence-corrected chi connectivity index (χ4v) is 3.72. The van der Waals surface area contributed by atoms with Gasteiger partial charge in [0.15, 0.2) is 0 Å². The van der Waals surface area contributed by atoms with Crippen LogP contribution in [0.5, 0.6) is 0 Å². The molecule has 1 saturated heterocycles. The van der Waals surface area contributed by atoms with Gasteiger partial charge in [-0.2, -0.15) is 0 Å². The second-order valence-corrected chi connectivity index (χ2v) is 7.05. The number of amides is 1. The molecule has 0 aromatic heterocycles. The zero-order valence-corrected chi connectivity index (χ0v) is 14.6. The topological polar surface area (TPSA) is 50.4 Å². The van der Waals surface area contributed by atoms with Crippen LogP contribution in [0.3, 0.4) is 0 Å². The number of ether oxygens (including phenoxy) is 1. The normalized spacial score (nSPS) is 21.8. The Kier molecular flexibility index (Phi) is 6.67. The van der Waals surface area contributed by atoms with Gasteiger partial charge in [-0.1, -0.05) is 25.0 Å². The molecule has 132 valence electrons. The summed E-state index contributed by atoms with van der Waals surface area (Å²) in [5.41, 5.74) is 2.09. The van der Waals surface area contributed by atoms with Crippen LogP contribution >= 0.6 is 0 Å². The first-order valence-corrected chi connectivity index (χ1v) is 9.53. The first kappa shape index (κ1) is 17.4. The van der Waals surface area contributed by atoms with Gasteiger partial charge < -0.3 is 15.4 Å². The fraction of sp³-hybridized carbons (Fsp3) is 0.650. The van der Waals surface area contributed by atoms with E-state index in [1.54, 1.807) is 0 Å². The largest absolute Gasteiger partial charge is 0.378 e. The molecule has 2 N–H and O–H groups in total.